The number of aryl methyl sites for hydroxylation is 2. The normalized spacial score (nSPS) is 12.0. The van der Waals surface area contributed by atoms with E-state index in [4.69, 9.17) is 4.74 Å². The van der Waals surface area contributed by atoms with E-state index in [0.717, 1.165) is 24.2 Å². The molecule has 2 rings (SSSR count). The molecule has 3 nitrogen and oxygen atoms in total. The summed E-state index contributed by atoms with van der Waals surface area (Å²) in [7, 11) is 0. The van der Waals surface area contributed by atoms with E-state index in [-0.39, 0.29) is 5.91 Å². The van der Waals surface area contributed by atoms with Crippen LogP contribution in [0.15, 0.2) is 48.5 Å². The van der Waals surface area contributed by atoms with E-state index in [0.29, 0.717) is 18.9 Å². The van der Waals surface area contributed by atoms with Gasteiger partial charge in [-0.3, -0.25) is 4.79 Å². The van der Waals surface area contributed by atoms with Crippen molar-refractivity contribution in [3.05, 3.63) is 65.2 Å². The molecule has 1 N–H and O–H groups in total. The summed E-state index contributed by atoms with van der Waals surface area (Å²) < 4.78 is 5.90. The molecule has 0 saturated carbocycles. The van der Waals surface area contributed by atoms with E-state index in [1.807, 2.05) is 38.1 Å². The molecule has 0 aliphatic carbocycles. The monoisotopic (exact) mass is 353 g/mol. The van der Waals surface area contributed by atoms with E-state index < -0.39 is 6.10 Å². The van der Waals surface area contributed by atoms with E-state index in [1.54, 1.807) is 0 Å². The lowest BCUT2D eigenvalue weighted by atomic mass is 10.0. The van der Waals surface area contributed by atoms with Crippen LogP contribution in [0.1, 0.15) is 56.2 Å². The van der Waals surface area contributed by atoms with Gasteiger partial charge in [0.1, 0.15) is 5.75 Å². The summed E-state index contributed by atoms with van der Waals surface area (Å²) >= 11 is 0. The number of hydrogen-bond donors (Lipinski definition) is 1. The average molecular weight is 354 g/mol. The lowest BCUT2D eigenvalue weighted by Crippen LogP contribution is -2.38. The van der Waals surface area contributed by atoms with Crippen molar-refractivity contribution in [3.63, 3.8) is 0 Å². The second-order valence-electron chi connectivity index (χ2n) is 7.07. The zero-order chi connectivity index (χ0) is 18.9. The van der Waals surface area contributed by atoms with Gasteiger partial charge in [0.2, 0.25) is 0 Å². The van der Waals surface area contributed by atoms with Crippen molar-refractivity contribution in [3.8, 4) is 5.75 Å². The second kappa shape index (κ2) is 10.0. The van der Waals surface area contributed by atoms with Crippen LogP contribution >= 0.6 is 0 Å². The fourth-order valence-electron chi connectivity index (χ4n) is 2.85. The Morgan fingerprint density at radius 3 is 2.38 bits per heavy atom. The minimum atomic E-state index is -0.443. The first kappa shape index (κ1) is 20.0. The van der Waals surface area contributed by atoms with Crippen LogP contribution in [0.5, 0.6) is 5.75 Å². The summed E-state index contributed by atoms with van der Waals surface area (Å²) in [6, 6.07) is 16.6. The molecule has 0 fully saturated rings. The van der Waals surface area contributed by atoms with Gasteiger partial charge in [0.15, 0.2) is 6.10 Å². The van der Waals surface area contributed by atoms with Gasteiger partial charge in [-0.05, 0) is 54.9 Å². The molecule has 0 radical (unpaired) electrons. The van der Waals surface area contributed by atoms with Gasteiger partial charge in [-0.1, -0.05) is 63.2 Å². The number of carbonyl (C=O) groups excluding carboxylic acids is 1. The number of benzene rings is 2. The largest absolute Gasteiger partial charge is 0.480 e. The van der Waals surface area contributed by atoms with Crippen LogP contribution in [0.25, 0.3) is 0 Å². The van der Waals surface area contributed by atoms with E-state index >= 15 is 0 Å². The molecule has 2 aromatic carbocycles. The second-order valence-corrected chi connectivity index (χ2v) is 7.07. The zero-order valence-corrected chi connectivity index (χ0v) is 16.4. The maximum atomic E-state index is 12.4. The highest BCUT2D eigenvalue weighted by atomic mass is 16.5. The van der Waals surface area contributed by atoms with Crippen LogP contribution in [-0.4, -0.2) is 18.6 Å². The summed E-state index contributed by atoms with van der Waals surface area (Å²) in [6.07, 6.45) is 2.10. The Bertz CT molecular complexity index is 692. The molecule has 140 valence electrons. The molecule has 0 heterocycles. The number of hydrogen-bond acceptors (Lipinski definition) is 2. The van der Waals surface area contributed by atoms with Crippen LogP contribution in [0, 0.1) is 6.92 Å². The standard InChI is InChI=1S/C23H31NO2/c1-5-21(26-22-11-7-6-9-18(22)4)23(25)24-16-8-10-19-12-14-20(15-13-19)17(2)3/h6-7,9,11-15,17,21H,5,8,10,16H2,1-4H3,(H,24,25). The Balaban J connectivity index is 1.77. The van der Waals surface area contributed by atoms with Gasteiger partial charge in [-0.2, -0.15) is 0 Å². The molecule has 0 aliphatic rings. The molecule has 2 aromatic rings. The third-order valence-electron chi connectivity index (χ3n) is 4.61. The van der Waals surface area contributed by atoms with Gasteiger partial charge in [0, 0.05) is 6.54 Å². The lowest BCUT2D eigenvalue weighted by molar-refractivity contribution is -0.128. The van der Waals surface area contributed by atoms with Crippen molar-refractivity contribution in [1.82, 2.24) is 5.32 Å². The number of ether oxygens (including phenoxy) is 1. The maximum Gasteiger partial charge on any atom is 0.261 e. The smallest absolute Gasteiger partial charge is 0.261 e. The van der Waals surface area contributed by atoms with Crippen molar-refractivity contribution in [2.45, 2.75) is 59.0 Å². The van der Waals surface area contributed by atoms with Crippen molar-refractivity contribution in [2.24, 2.45) is 0 Å². The van der Waals surface area contributed by atoms with Crippen molar-refractivity contribution in [2.75, 3.05) is 6.54 Å². The molecule has 0 bridgehead atoms. The lowest BCUT2D eigenvalue weighted by Gasteiger charge is -2.18. The first-order valence-electron chi connectivity index (χ1n) is 9.60. The fourth-order valence-corrected chi connectivity index (χ4v) is 2.85. The molecule has 0 saturated heterocycles. The van der Waals surface area contributed by atoms with Crippen LogP contribution in [0.4, 0.5) is 0 Å². The number of amides is 1. The summed E-state index contributed by atoms with van der Waals surface area (Å²) in [4.78, 5) is 12.4. The van der Waals surface area contributed by atoms with Crippen LogP contribution in [-0.2, 0) is 11.2 Å². The maximum absolute atomic E-state index is 12.4. The van der Waals surface area contributed by atoms with Crippen LogP contribution < -0.4 is 10.1 Å². The Labute approximate surface area is 157 Å². The van der Waals surface area contributed by atoms with Gasteiger partial charge in [0.25, 0.3) is 5.91 Å². The van der Waals surface area contributed by atoms with Crippen molar-refractivity contribution < 1.29 is 9.53 Å². The molecular weight excluding hydrogens is 322 g/mol. The topological polar surface area (TPSA) is 38.3 Å². The Kier molecular flexibility index (Phi) is 7.71. The highest BCUT2D eigenvalue weighted by Gasteiger charge is 2.18. The minimum absolute atomic E-state index is 0.0362. The minimum Gasteiger partial charge on any atom is -0.480 e. The predicted molar refractivity (Wildman–Crippen MR) is 108 cm³/mol. The summed E-state index contributed by atoms with van der Waals surface area (Å²) in [6.45, 7) is 9.03. The van der Waals surface area contributed by atoms with Crippen LogP contribution in [0.2, 0.25) is 0 Å². The Morgan fingerprint density at radius 1 is 1.08 bits per heavy atom. The highest BCUT2D eigenvalue weighted by molar-refractivity contribution is 5.81. The summed E-state index contributed by atoms with van der Waals surface area (Å²) in [5, 5.41) is 3.01. The molecule has 26 heavy (non-hydrogen) atoms. The zero-order valence-electron chi connectivity index (χ0n) is 16.4. The molecule has 1 amide bonds. The molecule has 3 heteroatoms. The highest BCUT2D eigenvalue weighted by Crippen LogP contribution is 2.19. The predicted octanol–water partition coefficient (Wildman–Crippen LogP) is 5.02. The van der Waals surface area contributed by atoms with Gasteiger partial charge in [-0.25, -0.2) is 0 Å². The van der Waals surface area contributed by atoms with Crippen molar-refractivity contribution in [1.29, 1.82) is 0 Å². The summed E-state index contributed by atoms with van der Waals surface area (Å²) in [5.41, 5.74) is 3.72. The molecule has 0 aliphatic heterocycles. The Morgan fingerprint density at radius 2 is 1.77 bits per heavy atom. The molecule has 1 unspecified atom stereocenters. The fraction of sp³-hybridized carbons (Fsp3) is 0.435. The number of rotatable bonds is 9. The molecule has 0 spiro atoms. The van der Waals surface area contributed by atoms with Crippen LogP contribution in [0.3, 0.4) is 0 Å². The third-order valence-corrected chi connectivity index (χ3v) is 4.61. The Hall–Kier alpha value is -2.29. The summed E-state index contributed by atoms with van der Waals surface area (Å²) in [5.74, 6) is 1.30. The third kappa shape index (κ3) is 5.91. The first-order valence-corrected chi connectivity index (χ1v) is 9.60. The van der Waals surface area contributed by atoms with Gasteiger partial charge < -0.3 is 10.1 Å². The number of nitrogens with one attached hydrogen (secondary N) is 1. The van der Waals surface area contributed by atoms with Gasteiger partial charge in [-0.15, -0.1) is 0 Å². The quantitative estimate of drug-likeness (QED) is 0.643. The van der Waals surface area contributed by atoms with Gasteiger partial charge in [0.05, 0.1) is 0 Å². The molecule has 1 atom stereocenters. The average Bonchev–Trinajstić information content (AvgIpc) is 2.64. The SMILES string of the molecule is CCC(Oc1ccccc1C)C(=O)NCCCc1ccc(C(C)C)cc1. The van der Waals surface area contributed by atoms with Crippen molar-refractivity contribution >= 4 is 5.91 Å². The van der Waals surface area contributed by atoms with Gasteiger partial charge >= 0.3 is 0 Å². The van der Waals surface area contributed by atoms with E-state index in [1.165, 1.54) is 11.1 Å². The van der Waals surface area contributed by atoms with E-state index in [2.05, 4.69) is 43.4 Å². The molecule has 0 aromatic heterocycles. The molecular formula is C23H31NO2. The number of para-hydroxylation sites is 1. The number of carbonyl (C=O) groups is 1. The van der Waals surface area contributed by atoms with E-state index in [9.17, 15) is 4.79 Å². The first-order chi connectivity index (χ1) is 12.5.